The average molecular weight is 457 g/mol. The van der Waals surface area contributed by atoms with Crippen molar-refractivity contribution in [3.05, 3.63) is 33.4 Å². The molecule has 0 unspecified atom stereocenters. The molecule has 1 aromatic carbocycles. The Labute approximate surface area is 165 Å². The molecule has 0 atom stereocenters. The minimum atomic E-state index is -10.7. The molecule has 28 heavy (non-hydrogen) atoms. The molecule has 0 aliphatic heterocycles. The Kier molecular flexibility index (Phi) is 9.57. The van der Waals surface area contributed by atoms with Crippen LogP contribution in [-0.2, 0) is 12.6 Å². The van der Waals surface area contributed by atoms with Crippen LogP contribution in [0.3, 0.4) is 0 Å². The van der Waals surface area contributed by atoms with Gasteiger partial charge < -0.3 is 4.74 Å². The van der Waals surface area contributed by atoms with Gasteiger partial charge in [-0.1, -0.05) is 19.3 Å². The summed E-state index contributed by atoms with van der Waals surface area (Å²) in [6, 6.07) is 4.02. The van der Waals surface area contributed by atoms with Crippen LogP contribution in [0.1, 0.15) is 49.7 Å². The molecule has 0 saturated carbocycles. The van der Waals surface area contributed by atoms with Gasteiger partial charge in [0.05, 0.1) is 6.61 Å². The summed E-state index contributed by atoms with van der Waals surface area (Å²) in [4.78, 5) is 11.0. The van der Waals surface area contributed by atoms with Crippen molar-refractivity contribution in [2.24, 2.45) is 0 Å². The van der Waals surface area contributed by atoms with Gasteiger partial charge in [0.2, 0.25) is 6.54 Å². The topological polar surface area (TPSA) is 52.4 Å². The normalized spacial score (nSPS) is 13.8. The molecule has 0 amide bonds. The van der Waals surface area contributed by atoms with E-state index in [1.165, 1.54) is 11.1 Å². The van der Waals surface area contributed by atoms with Crippen molar-refractivity contribution in [2.45, 2.75) is 57.3 Å². The van der Waals surface area contributed by atoms with E-state index in [1.54, 1.807) is 0 Å². The number of halogens is 6. The maximum absolute atomic E-state index is 10.7. The SMILES string of the molecule is Cc1c([SH2+])ccc(OCCCCCCCC[N+](=O)[O-])c1C.F[P-](F)(F)(F)(F)F. The molecule has 0 spiro atoms. The molecule has 0 aromatic heterocycles. The van der Waals surface area contributed by atoms with Crippen LogP contribution in [-0.4, -0.2) is 18.1 Å². The van der Waals surface area contributed by atoms with E-state index in [0.717, 1.165) is 49.4 Å². The third-order valence-corrected chi connectivity index (χ3v) is 4.27. The van der Waals surface area contributed by atoms with Crippen LogP contribution in [0, 0.1) is 24.0 Å². The van der Waals surface area contributed by atoms with Gasteiger partial charge in [-0.3, -0.25) is 10.1 Å². The molecule has 0 aliphatic carbocycles. The van der Waals surface area contributed by atoms with Crippen molar-refractivity contribution in [3.63, 3.8) is 0 Å². The van der Waals surface area contributed by atoms with Crippen LogP contribution in [0.25, 0.3) is 0 Å². The van der Waals surface area contributed by atoms with E-state index in [4.69, 9.17) is 4.74 Å². The van der Waals surface area contributed by atoms with Gasteiger partial charge >= 0.3 is 33.0 Å². The second-order valence-electron chi connectivity index (χ2n) is 6.35. The number of rotatable bonds is 10. The summed E-state index contributed by atoms with van der Waals surface area (Å²) in [6.45, 7) is 4.99. The van der Waals surface area contributed by atoms with Gasteiger partial charge in [-0.2, -0.15) is 0 Å². The van der Waals surface area contributed by atoms with Crippen LogP contribution in [0.4, 0.5) is 25.2 Å². The van der Waals surface area contributed by atoms with Crippen molar-refractivity contribution in [3.8, 4) is 5.75 Å². The molecule has 1 rings (SSSR count). The Morgan fingerprint density at radius 1 is 0.929 bits per heavy atom. The molecule has 0 N–H and O–H groups in total. The second-order valence-corrected chi connectivity index (χ2v) is 8.80. The summed E-state index contributed by atoms with van der Waals surface area (Å²) in [5.74, 6) is 0.959. The van der Waals surface area contributed by atoms with Gasteiger partial charge in [0.15, 0.2) is 4.90 Å². The van der Waals surface area contributed by atoms with Gasteiger partial charge in [0.25, 0.3) is 0 Å². The van der Waals surface area contributed by atoms with E-state index in [0.29, 0.717) is 6.42 Å². The van der Waals surface area contributed by atoms with Crippen molar-refractivity contribution in [1.82, 2.24) is 0 Å². The van der Waals surface area contributed by atoms with Crippen LogP contribution >= 0.6 is 7.81 Å². The zero-order valence-corrected chi connectivity index (χ0v) is 17.6. The zero-order chi connectivity index (χ0) is 22.1. The summed E-state index contributed by atoms with van der Waals surface area (Å²) in [5.41, 5.74) is 2.40. The van der Waals surface area contributed by atoms with Crippen LogP contribution in [0.15, 0.2) is 17.0 Å². The fourth-order valence-corrected chi connectivity index (χ4v) is 2.46. The number of benzene rings is 1. The molecular formula is C16H26F6NO3PS. The predicted molar refractivity (Wildman–Crippen MR) is 103 cm³/mol. The van der Waals surface area contributed by atoms with E-state index in [1.807, 2.05) is 12.1 Å². The van der Waals surface area contributed by atoms with E-state index in [-0.39, 0.29) is 11.5 Å². The first-order valence-electron chi connectivity index (χ1n) is 8.60. The van der Waals surface area contributed by atoms with E-state index in [2.05, 4.69) is 26.5 Å². The Bertz CT molecular complexity index is 644. The van der Waals surface area contributed by atoms with Gasteiger partial charge in [-0.05, 0) is 57.0 Å². The summed E-state index contributed by atoms with van der Waals surface area (Å²) < 4.78 is 65.0. The Morgan fingerprint density at radius 2 is 1.39 bits per heavy atom. The molecule has 12 heteroatoms. The van der Waals surface area contributed by atoms with Crippen LogP contribution in [0.2, 0.25) is 0 Å². The van der Waals surface area contributed by atoms with Gasteiger partial charge in [-0.25, -0.2) is 0 Å². The Balaban J connectivity index is 0.000000887. The molecule has 0 heterocycles. The first kappa shape index (κ1) is 26.8. The molecule has 4 nitrogen and oxygen atoms in total. The van der Waals surface area contributed by atoms with Crippen molar-refractivity contribution < 1.29 is 34.8 Å². The molecule has 1 aromatic rings. The number of unbranched alkanes of at least 4 members (excludes halogenated alkanes) is 5. The van der Waals surface area contributed by atoms with E-state index < -0.39 is 7.81 Å². The number of nitro groups is 1. The first-order valence-corrected chi connectivity index (χ1v) is 11.1. The summed E-state index contributed by atoms with van der Waals surface area (Å²) >= 11 is 3.57. The molecule has 0 aliphatic rings. The number of hydrogen-bond acceptors (Lipinski definition) is 3. The van der Waals surface area contributed by atoms with Crippen LogP contribution < -0.4 is 4.74 Å². The first-order chi connectivity index (χ1) is 12.5. The van der Waals surface area contributed by atoms with E-state index >= 15 is 0 Å². The van der Waals surface area contributed by atoms with Gasteiger partial charge in [0.1, 0.15) is 5.75 Å². The predicted octanol–water partition coefficient (Wildman–Crippen LogP) is 7.05. The molecule has 0 bridgehead atoms. The second kappa shape index (κ2) is 10.0. The molecule has 0 radical (unpaired) electrons. The Hall–Kier alpha value is -1.22. The summed E-state index contributed by atoms with van der Waals surface area (Å²) in [5, 5.41) is 10.2. The monoisotopic (exact) mass is 457 g/mol. The van der Waals surface area contributed by atoms with Gasteiger partial charge in [0, 0.05) is 16.9 Å². The quantitative estimate of drug-likeness (QED) is 0.0945. The van der Waals surface area contributed by atoms with Crippen molar-refractivity contribution in [2.75, 3.05) is 13.2 Å². The van der Waals surface area contributed by atoms with E-state index in [9.17, 15) is 35.3 Å². The zero-order valence-electron chi connectivity index (χ0n) is 15.7. The molecule has 0 saturated heterocycles. The molecule has 0 fully saturated rings. The fraction of sp³-hybridized carbons (Fsp3) is 0.625. The third-order valence-electron chi connectivity index (χ3n) is 3.73. The van der Waals surface area contributed by atoms with Crippen molar-refractivity contribution >= 4 is 20.4 Å². The number of ether oxygens (including phenoxy) is 1. The maximum atomic E-state index is 10.2. The summed E-state index contributed by atoms with van der Waals surface area (Å²) in [7, 11) is -10.7. The third kappa shape index (κ3) is 18.2. The fourth-order valence-electron chi connectivity index (χ4n) is 2.18. The van der Waals surface area contributed by atoms with Crippen molar-refractivity contribution in [1.29, 1.82) is 0 Å². The number of nitrogens with zero attached hydrogens (tertiary/aromatic N) is 1. The number of hydrogen-bond donors (Lipinski definition) is 0. The van der Waals surface area contributed by atoms with Gasteiger partial charge in [-0.15, -0.1) is 0 Å². The Morgan fingerprint density at radius 3 is 1.89 bits per heavy atom. The van der Waals surface area contributed by atoms with Crippen LogP contribution in [0.5, 0.6) is 5.75 Å². The molecule has 166 valence electrons. The minimum absolute atomic E-state index is 0.102. The molecular weight excluding hydrogens is 431 g/mol. The standard InChI is InChI=1S/C16H25NO3S.F6P/c1-13-14(2)16(21)10-9-15(13)20-12-8-6-4-3-5-7-11-17(18)19;1-7(2,3,4,5)6/h9-10,21H,3-8,11-12H2,1-2H3;/q;-1/p+1. The average Bonchev–Trinajstić information content (AvgIpc) is 2.49. The summed E-state index contributed by atoms with van der Waals surface area (Å²) in [6.07, 6.45) is 5.99.